The maximum atomic E-state index is 12.2. The zero-order chi connectivity index (χ0) is 22.0. The Kier molecular flexibility index (Phi) is 4.98. The molecule has 0 bridgehead atoms. The molecule has 0 saturated heterocycles. The second-order valence-electron chi connectivity index (χ2n) is 6.27. The molecule has 0 radical (unpaired) electrons. The van der Waals surface area contributed by atoms with Crippen molar-refractivity contribution in [1.82, 2.24) is 5.43 Å². The summed E-state index contributed by atoms with van der Waals surface area (Å²) >= 11 is 0. The van der Waals surface area contributed by atoms with Crippen LogP contribution in [0.3, 0.4) is 0 Å². The molecule has 0 spiro atoms. The number of nitrogens with one attached hydrogen (secondary N) is 1. The van der Waals surface area contributed by atoms with Crippen LogP contribution in [0.5, 0.6) is 0 Å². The Labute approximate surface area is 172 Å². The molecule has 2 aromatic carbocycles. The summed E-state index contributed by atoms with van der Waals surface area (Å²) in [6.07, 6.45) is 1.21. The first-order valence-corrected chi connectivity index (χ1v) is 8.77. The molecular weight excluding hydrogens is 408 g/mol. The van der Waals surface area contributed by atoms with Crippen LogP contribution in [0.25, 0.3) is 22.3 Å². The van der Waals surface area contributed by atoms with Crippen molar-refractivity contribution >= 4 is 34.5 Å². The minimum atomic E-state index is -0.730. The van der Waals surface area contributed by atoms with Crippen molar-refractivity contribution in [2.45, 2.75) is 0 Å². The number of para-hydroxylation sites is 1. The third-order valence-corrected chi connectivity index (χ3v) is 4.29. The standard InChI is InChI=1S/C20H12N4O7/c25-20(19-9-12-3-1-2-4-17(12)31-19)22-21-11-14-6-8-18(30-14)15-7-5-13(23(26)27)10-16(15)24(28)29/h1-11H,(H,22,25)/b21-11+. The van der Waals surface area contributed by atoms with Crippen molar-refractivity contribution in [2.24, 2.45) is 5.10 Å². The monoisotopic (exact) mass is 420 g/mol. The van der Waals surface area contributed by atoms with Crippen molar-refractivity contribution in [2.75, 3.05) is 0 Å². The van der Waals surface area contributed by atoms with Crippen molar-refractivity contribution < 1.29 is 23.5 Å². The number of carbonyl (C=O) groups is 1. The number of nitro benzene ring substituents is 2. The quantitative estimate of drug-likeness (QED) is 0.277. The van der Waals surface area contributed by atoms with E-state index in [1.807, 2.05) is 6.07 Å². The summed E-state index contributed by atoms with van der Waals surface area (Å²) in [7, 11) is 0. The number of benzene rings is 2. The second-order valence-corrected chi connectivity index (χ2v) is 6.27. The molecule has 0 fully saturated rings. The Balaban J connectivity index is 1.50. The molecule has 0 atom stereocenters. The van der Waals surface area contributed by atoms with Gasteiger partial charge in [-0.2, -0.15) is 5.10 Å². The van der Waals surface area contributed by atoms with Crippen LogP contribution in [0.4, 0.5) is 11.4 Å². The zero-order valence-electron chi connectivity index (χ0n) is 15.6. The number of non-ortho nitro benzene ring substituents is 1. The highest BCUT2D eigenvalue weighted by Gasteiger charge is 2.22. The fourth-order valence-corrected chi connectivity index (χ4v) is 2.86. The normalized spacial score (nSPS) is 11.1. The van der Waals surface area contributed by atoms with E-state index in [9.17, 15) is 25.0 Å². The van der Waals surface area contributed by atoms with Crippen LogP contribution in [0, 0.1) is 20.2 Å². The van der Waals surface area contributed by atoms with Gasteiger partial charge < -0.3 is 8.83 Å². The van der Waals surface area contributed by atoms with E-state index in [1.165, 1.54) is 24.4 Å². The number of hydrogen-bond donors (Lipinski definition) is 1. The average Bonchev–Trinajstić information content (AvgIpc) is 3.40. The molecule has 11 heteroatoms. The average molecular weight is 420 g/mol. The molecule has 0 aliphatic carbocycles. The maximum Gasteiger partial charge on any atom is 0.307 e. The summed E-state index contributed by atoms with van der Waals surface area (Å²) in [5.41, 5.74) is 2.07. The summed E-state index contributed by atoms with van der Waals surface area (Å²) in [5, 5.41) is 26.7. The van der Waals surface area contributed by atoms with Gasteiger partial charge in [-0.25, -0.2) is 5.43 Å². The van der Waals surface area contributed by atoms with E-state index >= 15 is 0 Å². The summed E-state index contributed by atoms with van der Waals surface area (Å²) in [5.74, 6) is -0.163. The Morgan fingerprint density at radius 2 is 1.77 bits per heavy atom. The Morgan fingerprint density at radius 1 is 0.968 bits per heavy atom. The van der Waals surface area contributed by atoms with E-state index in [0.717, 1.165) is 17.5 Å². The predicted molar refractivity (Wildman–Crippen MR) is 109 cm³/mol. The number of carbonyl (C=O) groups excluding carboxylic acids is 1. The van der Waals surface area contributed by atoms with Gasteiger partial charge in [-0.1, -0.05) is 18.2 Å². The Morgan fingerprint density at radius 3 is 2.52 bits per heavy atom. The first kappa shape index (κ1) is 19.5. The summed E-state index contributed by atoms with van der Waals surface area (Å²) in [4.78, 5) is 32.8. The van der Waals surface area contributed by atoms with E-state index in [-0.39, 0.29) is 22.8 Å². The van der Waals surface area contributed by atoms with Gasteiger partial charge in [-0.3, -0.25) is 25.0 Å². The first-order valence-electron chi connectivity index (χ1n) is 8.77. The minimum absolute atomic E-state index is 0.0709. The van der Waals surface area contributed by atoms with Gasteiger partial charge in [0.25, 0.3) is 11.4 Å². The van der Waals surface area contributed by atoms with E-state index < -0.39 is 27.1 Å². The van der Waals surface area contributed by atoms with Gasteiger partial charge in [0.15, 0.2) is 5.76 Å². The fourth-order valence-electron chi connectivity index (χ4n) is 2.86. The largest absolute Gasteiger partial charge is 0.455 e. The number of nitrogens with zero attached hydrogens (tertiary/aromatic N) is 3. The molecule has 0 unspecified atom stereocenters. The predicted octanol–water partition coefficient (Wildman–Crippen LogP) is 4.27. The van der Waals surface area contributed by atoms with Crippen LogP contribution in [0.15, 0.2) is 74.6 Å². The number of rotatable bonds is 6. The van der Waals surface area contributed by atoms with Crippen molar-refractivity contribution in [3.8, 4) is 11.3 Å². The van der Waals surface area contributed by atoms with Gasteiger partial charge in [-0.05, 0) is 30.3 Å². The van der Waals surface area contributed by atoms with Gasteiger partial charge in [0, 0.05) is 11.5 Å². The fraction of sp³-hybridized carbons (Fsp3) is 0. The lowest BCUT2D eigenvalue weighted by molar-refractivity contribution is -0.393. The molecule has 31 heavy (non-hydrogen) atoms. The molecule has 0 aliphatic rings. The number of hydrazone groups is 1. The molecule has 11 nitrogen and oxygen atoms in total. The maximum absolute atomic E-state index is 12.2. The first-order chi connectivity index (χ1) is 14.9. The molecule has 0 aliphatic heterocycles. The number of furan rings is 2. The zero-order valence-corrected chi connectivity index (χ0v) is 15.6. The van der Waals surface area contributed by atoms with E-state index in [0.29, 0.717) is 5.58 Å². The molecule has 2 heterocycles. The molecule has 4 rings (SSSR count). The SMILES string of the molecule is O=C(N/N=C/c1ccc(-c2ccc([N+](=O)[O-])cc2[N+](=O)[O-])o1)c1cc2ccccc2o1. The number of fused-ring (bicyclic) bond motifs is 1. The number of hydrogen-bond acceptors (Lipinski definition) is 8. The lowest BCUT2D eigenvalue weighted by Crippen LogP contribution is -2.16. The second kappa shape index (κ2) is 7.91. The van der Waals surface area contributed by atoms with Gasteiger partial charge >= 0.3 is 5.91 Å². The topological polar surface area (TPSA) is 154 Å². The van der Waals surface area contributed by atoms with Gasteiger partial charge in [-0.15, -0.1) is 0 Å². The highest BCUT2D eigenvalue weighted by atomic mass is 16.6. The third-order valence-electron chi connectivity index (χ3n) is 4.29. The molecular formula is C20H12N4O7. The highest BCUT2D eigenvalue weighted by Crippen LogP contribution is 2.33. The van der Waals surface area contributed by atoms with Gasteiger partial charge in [0.2, 0.25) is 0 Å². The van der Waals surface area contributed by atoms with Crippen LogP contribution in [-0.2, 0) is 0 Å². The summed E-state index contributed by atoms with van der Waals surface area (Å²) in [6.45, 7) is 0. The molecule has 2 aromatic heterocycles. The smallest absolute Gasteiger partial charge is 0.307 e. The van der Waals surface area contributed by atoms with E-state index in [4.69, 9.17) is 8.83 Å². The van der Waals surface area contributed by atoms with Gasteiger partial charge in [0.05, 0.1) is 27.7 Å². The Hall–Kier alpha value is -4.80. The molecule has 1 N–H and O–H groups in total. The van der Waals surface area contributed by atoms with E-state index in [1.54, 1.807) is 24.3 Å². The lowest BCUT2D eigenvalue weighted by atomic mass is 10.1. The molecule has 1 amide bonds. The molecule has 4 aromatic rings. The van der Waals surface area contributed by atoms with Crippen molar-refractivity contribution in [1.29, 1.82) is 0 Å². The molecule has 0 saturated carbocycles. The number of amides is 1. The number of nitro groups is 2. The van der Waals surface area contributed by atoms with Crippen LogP contribution < -0.4 is 5.43 Å². The lowest BCUT2D eigenvalue weighted by Gasteiger charge is -2.00. The van der Waals surface area contributed by atoms with E-state index in [2.05, 4.69) is 10.5 Å². The minimum Gasteiger partial charge on any atom is -0.455 e. The summed E-state index contributed by atoms with van der Waals surface area (Å²) < 4.78 is 10.9. The van der Waals surface area contributed by atoms with Gasteiger partial charge in [0.1, 0.15) is 17.1 Å². The van der Waals surface area contributed by atoms with Crippen molar-refractivity contribution in [3.63, 3.8) is 0 Å². The third kappa shape index (κ3) is 4.00. The Bertz CT molecular complexity index is 1320. The van der Waals surface area contributed by atoms with Crippen molar-refractivity contribution in [3.05, 3.63) is 92.4 Å². The molecule has 154 valence electrons. The summed E-state index contributed by atoms with van der Waals surface area (Å²) in [6, 6.07) is 14.9. The van der Waals surface area contributed by atoms with Crippen LogP contribution in [0.2, 0.25) is 0 Å². The highest BCUT2D eigenvalue weighted by molar-refractivity contribution is 5.96. The van der Waals surface area contributed by atoms with Crippen LogP contribution in [0.1, 0.15) is 16.3 Å². The van der Waals surface area contributed by atoms with Crippen LogP contribution in [-0.4, -0.2) is 22.0 Å². The van der Waals surface area contributed by atoms with Crippen LogP contribution >= 0.6 is 0 Å².